The maximum absolute atomic E-state index is 6.68. The maximum Gasteiger partial charge on any atom is 0.495 e. The molecule has 0 radical (unpaired) electrons. The van der Waals surface area contributed by atoms with Crippen molar-refractivity contribution >= 4 is 12.6 Å². The Morgan fingerprint density at radius 2 is 1.15 bits per heavy atom. The van der Waals surface area contributed by atoms with Gasteiger partial charge in [0.05, 0.1) is 16.6 Å². The van der Waals surface area contributed by atoms with Crippen molar-refractivity contribution in [1.82, 2.24) is 4.98 Å². The summed E-state index contributed by atoms with van der Waals surface area (Å²) in [6.45, 7) is 8.46. The number of hydrogen-bond donors (Lipinski definition) is 0. The van der Waals surface area contributed by atoms with Gasteiger partial charge in [0, 0.05) is 18.0 Å². The summed E-state index contributed by atoms with van der Waals surface area (Å²) in [4.78, 5) is 4.48. The fourth-order valence-electron chi connectivity index (χ4n) is 6.53. The van der Waals surface area contributed by atoms with E-state index in [0.29, 0.717) is 0 Å². The summed E-state index contributed by atoms with van der Waals surface area (Å²) >= 11 is 0. The molecule has 7 rings (SSSR count). The van der Waals surface area contributed by atoms with Gasteiger partial charge in [-0.15, -0.1) is 0 Å². The van der Waals surface area contributed by atoms with E-state index < -0.39 is 23.7 Å². The Morgan fingerprint density at radius 1 is 0.575 bits per heavy atom. The quantitative estimate of drug-likeness (QED) is 0.227. The van der Waals surface area contributed by atoms with Crippen LogP contribution in [0.15, 0.2) is 122 Å². The second-order valence-corrected chi connectivity index (χ2v) is 11.8. The largest absolute Gasteiger partial charge is 0.495 e. The Balaban J connectivity index is 1.62. The third kappa shape index (κ3) is 3.49. The van der Waals surface area contributed by atoms with E-state index in [0.717, 1.165) is 16.6 Å². The molecule has 1 saturated heterocycles. The van der Waals surface area contributed by atoms with Gasteiger partial charge in [-0.25, -0.2) is 0 Å². The molecule has 1 aliphatic heterocycles. The van der Waals surface area contributed by atoms with Gasteiger partial charge in [-0.2, -0.15) is 0 Å². The van der Waals surface area contributed by atoms with E-state index >= 15 is 0 Å². The van der Waals surface area contributed by atoms with E-state index in [1.807, 2.05) is 18.5 Å². The average molecular weight is 521 g/mol. The van der Waals surface area contributed by atoms with E-state index in [4.69, 9.17) is 9.31 Å². The molecule has 2 aliphatic rings. The van der Waals surface area contributed by atoms with Crippen molar-refractivity contribution in [2.45, 2.75) is 44.3 Å². The number of rotatable bonds is 4. The first-order chi connectivity index (χ1) is 19.3. The number of pyridine rings is 1. The van der Waals surface area contributed by atoms with Crippen LogP contribution in [0.2, 0.25) is 0 Å². The van der Waals surface area contributed by atoms with Gasteiger partial charge in [-0.05, 0) is 78.2 Å². The van der Waals surface area contributed by atoms with Crippen molar-refractivity contribution in [3.63, 3.8) is 0 Å². The van der Waals surface area contributed by atoms with Crippen molar-refractivity contribution in [3.8, 4) is 22.3 Å². The first-order valence-corrected chi connectivity index (χ1v) is 14.0. The Bertz CT molecular complexity index is 1640. The van der Waals surface area contributed by atoms with Crippen LogP contribution in [-0.4, -0.2) is 23.3 Å². The van der Waals surface area contributed by atoms with E-state index in [2.05, 4.69) is 136 Å². The van der Waals surface area contributed by atoms with Gasteiger partial charge < -0.3 is 9.31 Å². The molecule has 0 spiro atoms. The highest BCUT2D eigenvalue weighted by Gasteiger charge is 2.54. The minimum atomic E-state index is -0.509. The second-order valence-electron chi connectivity index (χ2n) is 11.8. The first-order valence-electron chi connectivity index (χ1n) is 14.0. The van der Waals surface area contributed by atoms with Crippen molar-refractivity contribution in [2.24, 2.45) is 0 Å². The second kappa shape index (κ2) is 9.02. The van der Waals surface area contributed by atoms with E-state index in [1.54, 1.807) is 0 Å². The lowest BCUT2D eigenvalue weighted by atomic mass is 9.66. The van der Waals surface area contributed by atoms with Gasteiger partial charge in [0.1, 0.15) is 0 Å². The van der Waals surface area contributed by atoms with Crippen LogP contribution in [0.1, 0.15) is 49.9 Å². The molecule has 4 aromatic carbocycles. The average Bonchev–Trinajstić information content (AvgIpc) is 3.41. The van der Waals surface area contributed by atoms with Gasteiger partial charge in [-0.1, -0.05) is 103 Å². The van der Waals surface area contributed by atoms with Crippen molar-refractivity contribution < 1.29 is 9.31 Å². The molecule has 2 heterocycles. The zero-order valence-corrected chi connectivity index (χ0v) is 23.4. The van der Waals surface area contributed by atoms with Gasteiger partial charge in [0.25, 0.3) is 0 Å². The summed E-state index contributed by atoms with van der Waals surface area (Å²) in [6, 6.07) is 39.2. The lowest BCUT2D eigenvalue weighted by Gasteiger charge is -2.34. The molecular formula is C36H32BNO2. The molecule has 1 aliphatic carbocycles. The number of fused-ring (bicyclic) bond motifs is 3. The van der Waals surface area contributed by atoms with Crippen LogP contribution in [0.3, 0.4) is 0 Å². The number of aromatic nitrogens is 1. The highest BCUT2D eigenvalue weighted by molar-refractivity contribution is 6.64. The molecule has 3 nitrogen and oxygen atoms in total. The summed E-state index contributed by atoms with van der Waals surface area (Å²) in [5.74, 6) is 0. The maximum atomic E-state index is 6.68. The van der Waals surface area contributed by atoms with Gasteiger partial charge >= 0.3 is 7.12 Å². The molecular weight excluding hydrogens is 489 g/mol. The van der Waals surface area contributed by atoms with Gasteiger partial charge in [0.15, 0.2) is 0 Å². The minimum Gasteiger partial charge on any atom is -0.399 e. The Hall–Kier alpha value is -3.99. The van der Waals surface area contributed by atoms with Crippen molar-refractivity contribution in [2.75, 3.05) is 0 Å². The van der Waals surface area contributed by atoms with Crippen LogP contribution in [0.4, 0.5) is 0 Å². The van der Waals surface area contributed by atoms with Crippen LogP contribution < -0.4 is 5.46 Å². The van der Waals surface area contributed by atoms with Crippen LogP contribution in [-0.2, 0) is 14.7 Å². The van der Waals surface area contributed by atoms with E-state index in [9.17, 15) is 0 Å². The topological polar surface area (TPSA) is 31.4 Å². The minimum absolute atomic E-state index is 0.444. The standard InChI is InChI=1S/C36H32BNO2/c1-34(2)35(3,4)40-37(39-34)31-22-12-21-30-33(31)32-28(25-14-13-23-38-24-25)19-11-20-29(32)36(30,26-15-7-5-8-16-26)27-17-9-6-10-18-27/h5-24H,1-4H3. The fraction of sp³-hybridized carbons (Fsp3) is 0.194. The monoisotopic (exact) mass is 521 g/mol. The van der Waals surface area contributed by atoms with Crippen molar-refractivity contribution in [1.29, 1.82) is 0 Å². The number of hydrogen-bond acceptors (Lipinski definition) is 3. The summed E-state index contributed by atoms with van der Waals surface area (Å²) in [5, 5.41) is 0. The Morgan fingerprint density at radius 3 is 1.73 bits per heavy atom. The zero-order chi connectivity index (χ0) is 27.5. The van der Waals surface area contributed by atoms with Crippen molar-refractivity contribution in [3.05, 3.63) is 144 Å². The number of nitrogens with zero attached hydrogens (tertiary/aromatic N) is 1. The molecule has 40 heavy (non-hydrogen) atoms. The molecule has 0 bridgehead atoms. The molecule has 1 fully saturated rings. The summed E-state index contributed by atoms with van der Waals surface area (Å²) in [6.07, 6.45) is 3.78. The zero-order valence-electron chi connectivity index (χ0n) is 23.4. The molecule has 0 atom stereocenters. The van der Waals surface area contributed by atoms with Crippen LogP contribution in [0.5, 0.6) is 0 Å². The molecule has 0 unspecified atom stereocenters. The molecule has 0 N–H and O–H groups in total. The molecule has 4 heteroatoms. The summed E-state index contributed by atoms with van der Waals surface area (Å²) in [5.41, 5.74) is 9.26. The number of benzene rings is 4. The summed E-state index contributed by atoms with van der Waals surface area (Å²) in [7, 11) is -0.489. The van der Waals surface area contributed by atoms with Crippen LogP contribution in [0.25, 0.3) is 22.3 Å². The first kappa shape index (κ1) is 25.0. The van der Waals surface area contributed by atoms with Gasteiger partial charge in [0.2, 0.25) is 0 Å². The highest BCUT2D eigenvalue weighted by atomic mass is 16.7. The predicted octanol–water partition coefficient (Wildman–Crippen LogP) is 7.41. The predicted molar refractivity (Wildman–Crippen MR) is 163 cm³/mol. The third-order valence-electron chi connectivity index (χ3n) is 9.11. The lowest BCUT2D eigenvalue weighted by Crippen LogP contribution is -2.41. The highest BCUT2D eigenvalue weighted by Crippen LogP contribution is 2.58. The van der Waals surface area contributed by atoms with Crippen LogP contribution >= 0.6 is 0 Å². The molecule has 1 aromatic heterocycles. The third-order valence-corrected chi connectivity index (χ3v) is 9.11. The SMILES string of the molecule is CC1(C)OB(c2cccc3c2-c2c(-c4cccnc4)cccc2C3(c2ccccc2)c2ccccc2)OC1(C)C. The molecule has 196 valence electrons. The molecule has 0 amide bonds. The fourth-order valence-corrected chi connectivity index (χ4v) is 6.53. The molecule has 0 saturated carbocycles. The Kier molecular flexibility index (Phi) is 5.64. The normalized spacial score (nSPS) is 17.9. The lowest BCUT2D eigenvalue weighted by molar-refractivity contribution is 0.00578. The Labute approximate surface area is 237 Å². The van der Waals surface area contributed by atoms with E-state index in [-0.39, 0.29) is 0 Å². The molecule has 5 aromatic rings. The van der Waals surface area contributed by atoms with Crippen LogP contribution in [0, 0.1) is 0 Å². The summed E-state index contributed by atoms with van der Waals surface area (Å²) < 4.78 is 13.4. The van der Waals surface area contributed by atoms with Gasteiger partial charge in [-0.3, -0.25) is 4.98 Å². The van der Waals surface area contributed by atoms with E-state index in [1.165, 1.54) is 33.4 Å². The smallest absolute Gasteiger partial charge is 0.399 e.